The summed E-state index contributed by atoms with van der Waals surface area (Å²) in [5.74, 6) is -0.993. The lowest BCUT2D eigenvalue weighted by Crippen LogP contribution is -2.51. The van der Waals surface area contributed by atoms with Crippen LogP contribution in [0.3, 0.4) is 0 Å². The molecular formula is C31H35N3O4. The van der Waals surface area contributed by atoms with E-state index in [-0.39, 0.29) is 5.92 Å². The number of carbonyl (C=O) groups is 3. The Bertz CT molecular complexity index is 1320. The SMILES string of the molecule is C#CN(C(=O)C(CC(C)C)NC(=O)OC(C)(C)C)C(C(=O)Nc1ccc2ccccc2c1)c1ccccc1. The summed E-state index contributed by atoms with van der Waals surface area (Å²) in [5, 5.41) is 7.57. The van der Waals surface area contributed by atoms with Gasteiger partial charge in [0.15, 0.2) is 0 Å². The maximum Gasteiger partial charge on any atom is 0.408 e. The van der Waals surface area contributed by atoms with Gasteiger partial charge >= 0.3 is 6.09 Å². The highest BCUT2D eigenvalue weighted by molar-refractivity contribution is 6.01. The summed E-state index contributed by atoms with van der Waals surface area (Å²) in [6.07, 6.45) is 5.43. The lowest BCUT2D eigenvalue weighted by Gasteiger charge is -2.31. The summed E-state index contributed by atoms with van der Waals surface area (Å²) in [4.78, 5) is 41.1. The molecule has 0 fully saturated rings. The topological polar surface area (TPSA) is 87.7 Å². The molecule has 2 atom stereocenters. The largest absolute Gasteiger partial charge is 0.444 e. The molecular weight excluding hydrogens is 478 g/mol. The molecule has 0 radical (unpaired) electrons. The monoisotopic (exact) mass is 513 g/mol. The molecule has 0 aromatic heterocycles. The molecule has 0 heterocycles. The Hall–Kier alpha value is -4.31. The lowest BCUT2D eigenvalue weighted by molar-refractivity contribution is -0.137. The van der Waals surface area contributed by atoms with Crippen molar-refractivity contribution in [1.29, 1.82) is 0 Å². The minimum Gasteiger partial charge on any atom is -0.444 e. The second kappa shape index (κ2) is 12.3. The van der Waals surface area contributed by atoms with Crippen LogP contribution in [-0.4, -0.2) is 34.5 Å². The van der Waals surface area contributed by atoms with Crippen LogP contribution < -0.4 is 10.6 Å². The maximum absolute atomic E-state index is 13.8. The Balaban J connectivity index is 1.94. The van der Waals surface area contributed by atoms with E-state index >= 15 is 0 Å². The summed E-state index contributed by atoms with van der Waals surface area (Å²) in [7, 11) is 0. The number of nitrogens with one attached hydrogen (secondary N) is 2. The van der Waals surface area contributed by atoms with E-state index in [9.17, 15) is 14.4 Å². The highest BCUT2D eigenvalue weighted by Gasteiger charge is 2.36. The zero-order valence-corrected chi connectivity index (χ0v) is 22.5. The molecule has 0 bridgehead atoms. The van der Waals surface area contributed by atoms with Crippen LogP contribution in [-0.2, 0) is 14.3 Å². The average molecular weight is 514 g/mol. The maximum atomic E-state index is 13.8. The minimum absolute atomic E-state index is 0.0557. The first-order chi connectivity index (χ1) is 18.0. The molecule has 0 saturated heterocycles. The van der Waals surface area contributed by atoms with E-state index in [1.165, 1.54) is 0 Å². The van der Waals surface area contributed by atoms with E-state index in [1.54, 1.807) is 51.1 Å². The average Bonchev–Trinajstić information content (AvgIpc) is 2.85. The first kappa shape index (κ1) is 28.3. The van der Waals surface area contributed by atoms with Crippen LogP contribution in [0.25, 0.3) is 10.8 Å². The lowest BCUT2D eigenvalue weighted by atomic mass is 9.99. The van der Waals surface area contributed by atoms with E-state index < -0.39 is 35.6 Å². The molecule has 0 saturated carbocycles. The summed E-state index contributed by atoms with van der Waals surface area (Å²) in [6, 6.07) is 22.5. The van der Waals surface area contributed by atoms with Gasteiger partial charge in [0.05, 0.1) is 0 Å². The quantitative estimate of drug-likeness (QED) is 0.291. The van der Waals surface area contributed by atoms with Crippen LogP contribution in [0.2, 0.25) is 0 Å². The Labute approximate surface area is 224 Å². The molecule has 3 aromatic rings. The van der Waals surface area contributed by atoms with Crippen LogP contribution >= 0.6 is 0 Å². The van der Waals surface area contributed by atoms with Gasteiger partial charge in [-0.2, -0.15) is 0 Å². The third-order valence-corrected chi connectivity index (χ3v) is 5.71. The first-order valence-electron chi connectivity index (χ1n) is 12.6. The molecule has 2 unspecified atom stereocenters. The Kier molecular flexibility index (Phi) is 9.14. The second-order valence-electron chi connectivity index (χ2n) is 10.5. The fourth-order valence-electron chi connectivity index (χ4n) is 4.11. The van der Waals surface area contributed by atoms with Gasteiger partial charge in [-0.15, -0.1) is 0 Å². The molecule has 198 valence electrons. The van der Waals surface area contributed by atoms with Crippen molar-refractivity contribution in [2.45, 2.75) is 58.7 Å². The van der Waals surface area contributed by atoms with Gasteiger partial charge < -0.3 is 15.4 Å². The molecule has 3 amide bonds. The van der Waals surface area contributed by atoms with Gasteiger partial charge in [0.1, 0.15) is 17.7 Å². The highest BCUT2D eigenvalue weighted by Crippen LogP contribution is 2.26. The molecule has 0 spiro atoms. The number of benzene rings is 3. The van der Waals surface area contributed by atoms with E-state index in [0.717, 1.165) is 15.7 Å². The normalized spacial score (nSPS) is 12.8. The standard InChI is InChI=1S/C31H35N3O4/c1-7-34(29(36)26(19-21(2)3)33-30(37)38-31(4,5)6)27(23-14-9-8-10-15-23)28(35)32-25-18-17-22-13-11-12-16-24(22)20-25/h1,8-18,20-21,26-27H,19H2,2-6H3,(H,32,35)(H,33,37). The number of ether oxygens (including phenoxy) is 1. The number of fused-ring (bicyclic) bond motifs is 1. The number of terminal acetylenes is 1. The van der Waals surface area contributed by atoms with Crippen molar-refractivity contribution in [3.05, 3.63) is 78.4 Å². The number of nitrogens with zero attached hydrogens (tertiary/aromatic N) is 1. The zero-order valence-electron chi connectivity index (χ0n) is 22.5. The fourth-order valence-corrected chi connectivity index (χ4v) is 4.11. The molecule has 7 nitrogen and oxygen atoms in total. The summed E-state index contributed by atoms with van der Waals surface area (Å²) < 4.78 is 5.37. The van der Waals surface area contributed by atoms with Gasteiger partial charge in [0.25, 0.3) is 11.8 Å². The molecule has 3 aromatic carbocycles. The fraction of sp³-hybridized carbons (Fsp3) is 0.323. The summed E-state index contributed by atoms with van der Waals surface area (Å²) >= 11 is 0. The van der Waals surface area contributed by atoms with Crippen molar-refractivity contribution in [2.24, 2.45) is 5.92 Å². The van der Waals surface area contributed by atoms with E-state index in [1.807, 2.05) is 56.3 Å². The molecule has 38 heavy (non-hydrogen) atoms. The van der Waals surface area contributed by atoms with Crippen molar-refractivity contribution < 1.29 is 19.1 Å². The van der Waals surface area contributed by atoms with Gasteiger partial charge in [-0.25, -0.2) is 4.79 Å². The van der Waals surface area contributed by atoms with Crippen molar-refractivity contribution in [1.82, 2.24) is 10.2 Å². The number of hydrogen-bond acceptors (Lipinski definition) is 4. The van der Waals surface area contributed by atoms with Crippen molar-refractivity contribution in [3.8, 4) is 12.5 Å². The number of carbonyl (C=O) groups excluding carboxylic acids is 3. The van der Waals surface area contributed by atoms with E-state index in [4.69, 9.17) is 11.2 Å². The van der Waals surface area contributed by atoms with Gasteiger partial charge in [-0.3, -0.25) is 14.5 Å². The minimum atomic E-state index is -1.13. The predicted molar refractivity (Wildman–Crippen MR) is 150 cm³/mol. The van der Waals surface area contributed by atoms with Crippen molar-refractivity contribution in [3.63, 3.8) is 0 Å². The predicted octanol–water partition coefficient (Wildman–Crippen LogP) is 5.88. The third-order valence-electron chi connectivity index (χ3n) is 5.71. The van der Waals surface area contributed by atoms with Gasteiger partial charge in [0, 0.05) is 11.7 Å². The number of alkyl carbamates (subject to hydrolysis) is 1. The van der Waals surface area contributed by atoms with Crippen molar-refractivity contribution >= 4 is 34.4 Å². The number of amides is 3. The summed E-state index contributed by atoms with van der Waals surface area (Å²) in [6.45, 7) is 9.07. The Morgan fingerprint density at radius 2 is 1.58 bits per heavy atom. The number of rotatable bonds is 8. The Morgan fingerprint density at radius 3 is 2.18 bits per heavy atom. The van der Waals surface area contributed by atoms with Crippen LogP contribution in [0.4, 0.5) is 10.5 Å². The first-order valence-corrected chi connectivity index (χ1v) is 12.6. The third kappa shape index (κ3) is 7.59. The highest BCUT2D eigenvalue weighted by atomic mass is 16.6. The Morgan fingerprint density at radius 1 is 0.947 bits per heavy atom. The van der Waals surface area contributed by atoms with Crippen LogP contribution in [0.5, 0.6) is 0 Å². The summed E-state index contributed by atoms with van der Waals surface area (Å²) in [5.41, 5.74) is 0.371. The zero-order chi connectivity index (χ0) is 27.9. The number of anilines is 1. The molecule has 0 aliphatic rings. The van der Waals surface area contributed by atoms with Gasteiger partial charge in [-0.05, 0) is 61.6 Å². The second-order valence-corrected chi connectivity index (χ2v) is 10.5. The molecule has 3 rings (SSSR count). The van der Waals surface area contributed by atoms with Crippen molar-refractivity contribution in [2.75, 3.05) is 5.32 Å². The van der Waals surface area contributed by atoms with Crippen LogP contribution in [0, 0.1) is 18.4 Å². The molecule has 7 heteroatoms. The van der Waals surface area contributed by atoms with Crippen LogP contribution in [0.15, 0.2) is 72.8 Å². The molecule has 2 N–H and O–H groups in total. The van der Waals surface area contributed by atoms with Gasteiger partial charge in [0.2, 0.25) is 0 Å². The van der Waals surface area contributed by atoms with Gasteiger partial charge in [-0.1, -0.05) is 80.9 Å². The smallest absolute Gasteiger partial charge is 0.408 e. The molecule has 0 aliphatic heterocycles. The van der Waals surface area contributed by atoms with E-state index in [2.05, 4.69) is 16.7 Å². The van der Waals surface area contributed by atoms with Crippen LogP contribution in [0.1, 0.15) is 52.6 Å². The van der Waals surface area contributed by atoms with E-state index in [0.29, 0.717) is 17.7 Å². The number of hydrogen-bond donors (Lipinski definition) is 2. The molecule has 0 aliphatic carbocycles.